The standard InChI is InChI=1S/C22H36O2S/c1-12(2)17-10-18(13(3)4)21(19(11-17)14(5)6)25-22(24)16(9)20(23)15(7)8/h10-16,20,23H,1-9H3/t16-,20-/m1/s1. The van der Waals surface area contributed by atoms with Crippen molar-refractivity contribution in [3.8, 4) is 0 Å². The largest absolute Gasteiger partial charge is 0.392 e. The Morgan fingerprint density at radius 3 is 1.60 bits per heavy atom. The first-order chi connectivity index (χ1) is 11.5. The molecule has 0 aliphatic heterocycles. The Bertz CT molecular complexity index is 559. The molecule has 1 aromatic rings. The lowest BCUT2D eigenvalue weighted by Crippen LogP contribution is -2.28. The third kappa shape index (κ3) is 5.59. The molecule has 0 heterocycles. The van der Waals surface area contributed by atoms with E-state index in [0.717, 1.165) is 4.90 Å². The smallest absolute Gasteiger partial charge is 0.199 e. The van der Waals surface area contributed by atoms with Crippen LogP contribution in [0.2, 0.25) is 0 Å². The Labute approximate surface area is 158 Å². The van der Waals surface area contributed by atoms with Crippen molar-refractivity contribution < 1.29 is 9.90 Å². The van der Waals surface area contributed by atoms with E-state index in [1.807, 2.05) is 20.8 Å². The summed E-state index contributed by atoms with van der Waals surface area (Å²) in [5, 5.41) is 10.3. The fourth-order valence-electron chi connectivity index (χ4n) is 2.92. The zero-order valence-corrected chi connectivity index (χ0v) is 18.2. The van der Waals surface area contributed by atoms with Gasteiger partial charge in [-0.2, -0.15) is 0 Å². The summed E-state index contributed by atoms with van der Waals surface area (Å²) in [6, 6.07) is 4.53. The molecule has 0 aromatic heterocycles. The van der Waals surface area contributed by atoms with Gasteiger partial charge in [-0.25, -0.2) is 0 Å². The molecule has 142 valence electrons. The molecule has 3 heteroatoms. The average Bonchev–Trinajstić information content (AvgIpc) is 2.52. The van der Waals surface area contributed by atoms with E-state index >= 15 is 0 Å². The van der Waals surface area contributed by atoms with Gasteiger partial charge in [-0.3, -0.25) is 4.79 Å². The molecule has 0 saturated heterocycles. The molecule has 0 fully saturated rings. The van der Waals surface area contributed by atoms with Gasteiger partial charge in [-0.15, -0.1) is 0 Å². The van der Waals surface area contributed by atoms with Crippen molar-refractivity contribution in [1.29, 1.82) is 0 Å². The predicted molar refractivity (Wildman–Crippen MR) is 110 cm³/mol. The fourth-order valence-corrected chi connectivity index (χ4v) is 4.27. The number of aliphatic hydroxyl groups is 1. The van der Waals surface area contributed by atoms with Crippen molar-refractivity contribution >= 4 is 16.9 Å². The molecule has 0 amide bonds. The van der Waals surface area contributed by atoms with Crippen molar-refractivity contribution in [1.82, 2.24) is 0 Å². The second kappa shape index (κ2) is 9.23. The molecular weight excluding hydrogens is 328 g/mol. The second-order valence-electron chi connectivity index (χ2n) is 8.44. The molecule has 0 saturated carbocycles. The van der Waals surface area contributed by atoms with E-state index in [-0.39, 0.29) is 17.0 Å². The summed E-state index contributed by atoms with van der Waals surface area (Å²) in [5.74, 6) is 0.895. The van der Waals surface area contributed by atoms with Gasteiger partial charge >= 0.3 is 0 Å². The molecule has 0 aliphatic rings. The molecule has 1 rings (SSSR count). The summed E-state index contributed by atoms with van der Waals surface area (Å²) in [6.07, 6.45) is -0.597. The van der Waals surface area contributed by atoms with Gasteiger partial charge in [0.15, 0.2) is 5.12 Å². The molecule has 1 N–H and O–H groups in total. The van der Waals surface area contributed by atoms with E-state index in [2.05, 4.69) is 53.7 Å². The molecule has 2 atom stereocenters. The van der Waals surface area contributed by atoms with E-state index in [9.17, 15) is 9.90 Å². The van der Waals surface area contributed by atoms with Gasteiger partial charge in [-0.1, -0.05) is 86.2 Å². The van der Waals surface area contributed by atoms with Crippen LogP contribution < -0.4 is 0 Å². The van der Waals surface area contributed by atoms with Gasteiger partial charge < -0.3 is 5.11 Å². The van der Waals surface area contributed by atoms with Crippen LogP contribution in [0, 0.1) is 11.8 Å². The first kappa shape index (κ1) is 22.2. The molecule has 25 heavy (non-hydrogen) atoms. The Balaban J connectivity index is 3.35. The summed E-state index contributed by atoms with van der Waals surface area (Å²) in [7, 11) is 0. The van der Waals surface area contributed by atoms with E-state index in [1.54, 1.807) is 0 Å². The van der Waals surface area contributed by atoms with Crippen LogP contribution in [0.15, 0.2) is 17.0 Å². The number of carbonyl (C=O) groups is 1. The highest BCUT2D eigenvalue weighted by atomic mass is 32.2. The zero-order valence-electron chi connectivity index (χ0n) is 17.4. The summed E-state index contributed by atoms with van der Waals surface area (Å²) in [5.41, 5.74) is 3.83. The highest BCUT2D eigenvalue weighted by Gasteiger charge is 2.27. The first-order valence-corrected chi connectivity index (χ1v) is 10.4. The summed E-state index contributed by atoms with van der Waals surface area (Å²) in [4.78, 5) is 13.9. The third-order valence-electron chi connectivity index (χ3n) is 4.85. The number of rotatable bonds is 7. The van der Waals surface area contributed by atoms with Crippen LogP contribution in [0.5, 0.6) is 0 Å². The molecule has 0 aliphatic carbocycles. The van der Waals surface area contributed by atoms with Gasteiger partial charge in [0, 0.05) is 4.90 Å². The van der Waals surface area contributed by atoms with Crippen molar-refractivity contribution in [3.05, 3.63) is 28.8 Å². The highest BCUT2D eigenvalue weighted by molar-refractivity contribution is 8.13. The predicted octanol–water partition coefficient (Wildman–Crippen LogP) is 6.33. The van der Waals surface area contributed by atoms with Crippen molar-refractivity contribution in [3.63, 3.8) is 0 Å². The quantitative estimate of drug-likeness (QED) is 0.574. The molecular formula is C22H36O2S. The Morgan fingerprint density at radius 1 is 0.840 bits per heavy atom. The maximum absolute atomic E-state index is 12.8. The van der Waals surface area contributed by atoms with Crippen LogP contribution in [0.25, 0.3) is 0 Å². The van der Waals surface area contributed by atoms with E-state index in [0.29, 0.717) is 17.8 Å². The number of benzene rings is 1. The Morgan fingerprint density at radius 2 is 1.28 bits per heavy atom. The van der Waals surface area contributed by atoms with E-state index in [4.69, 9.17) is 0 Å². The molecule has 2 nitrogen and oxygen atoms in total. The van der Waals surface area contributed by atoms with Gasteiger partial charge in [0.05, 0.1) is 12.0 Å². The molecule has 0 radical (unpaired) electrons. The van der Waals surface area contributed by atoms with Crippen LogP contribution in [0.1, 0.15) is 96.8 Å². The van der Waals surface area contributed by atoms with Crippen LogP contribution in [-0.4, -0.2) is 16.3 Å². The van der Waals surface area contributed by atoms with Crippen LogP contribution >= 0.6 is 11.8 Å². The third-order valence-corrected chi connectivity index (χ3v) is 6.10. The van der Waals surface area contributed by atoms with Gasteiger partial charge in [0.1, 0.15) is 0 Å². The van der Waals surface area contributed by atoms with Crippen molar-refractivity contribution in [2.45, 2.75) is 91.1 Å². The summed E-state index contributed by atoms with van der Waals surface area (Å²) >= 11 is 1.33. The molecule has 0 bridgehead atoms. The summed E-state index contributed by atoms with van der Waals surface area (Å²) < 4.78 is 0. The van der Waals surface area contributed by atoms with Gasteiger partial charge in [0.25, 0.3) is 0 Å². The Kier molecular flexibility index (Phi) is 8.21. The lowest BCUT2D eigenvalue weighted by molar-refractivity contribution is -0.117. The topological polar surface area (TPSA) is 37.3 Å². The van der Waals surface area contributed by atoms with Crippen molar-refractivity contribution in [2.75, 3.05) is 0 Å². The fraction of sp³-hybridized carbons (Fsp3) is 0.682. The van der Waals surface area contributed by atoms with Crippen molar-refractivity contribution in [2.24, 2.45) is 11.8 Å². The Hall–Kier alpha value is -0.800. The monoisotopic (exact) mass is 364 g/mol. The average molecular weight is 365 g/mol. The minimum Gasteiger partial charge on any atom is -0.392 e. The lowest BCUT2D eigenvalue weighted by atomic mass is 9.89. The molecule has 0 unspecified atom stereocenters. The van der Waals surface area contributed by atoms with Crippen LogP contribution in [-0.2, 0) is 4.79 Å². The number of hydrogen-bond acceptors (Lipinski definition) is 3. The van der Waals surface area contributed by atoms with Crippen LogP contribution in [0.4, 0.5) is 0 Å². The zero-order chi connectivity index (χ0) is 19.5. The van der Waals surface area contributed by atoms with E-state index < -0.39 is 6.10 Å². The summed E-state index contributed by atoms with van der Waals surface area (Å²) in [6.45, 7) is 18.9. The van der Waals surface area contributed by atoms with E-state index in [1.165, 1.54) is 28.5 Å². The number of aliphatic hydroxyl groups excluding tert-OH is 1. The number of hydrogen-bond donors (Lipinski definition) is 1. The maximum Gasteiger partial charge on any atom is 0.199 e. The van der Waals surface area contributed by atoms with Crippen LogP contribution in [0.3, 0.4) is 0 Å². The number of thioether (sulfide) groups is 1. The maximum atomic E-state index is 12.8. The minimum atomic E-state index is -0.597. The molecule has 0 spiro atoms. The van der Waals surface area contributed by atoms with Gasteiger partial charge in [0.2, 0.25) is 0 Å². The SMILES string of the molecule is CC(C)c1cc(C(C)C)c(SC(=O)[C@H](C)[C@H](O)C(C)C)c(C(C)C)c1. The second-order valence-corrected chi connectivity index (χ2v) is 9.45. The lowest BCUT2D eigenvalue weighted by Gasteiger charge is -2.24. The number of carbonyl (C=O) groups excluding carboxylic acids is 1. The van der Waals surface area contributed by atoms with Gasteiger partial charge in [-0.05, 0) is 40.4 Å². The normalized spacial score (nSPS) is 14.6. The first-order valence-electron chi connectivity index (χ1n) is 9.54. The molecule has 1 aromatic carbocycles. The highest BCUT2D eigenvalue weighted by Crippen LogP contribution is 2.39. The minimum absolute atomic E-state index is 0.0577.